The van der Waals surface area contributed by atoms with E-state index in [1.807, 2.05) is 24.3 Å². The minimum Gasteiger partial charge on any atom is -0.370 e. The Balaban J connectivity index is 1.54. The van der Waals surface area contributed by atoms with Gasteiger partial charge in [0.2, 0.25) is 5.95 Å². The zero-order valence-electron chi connectivity index (χ0n) is 18.1. The summed E-state index contributed by atoms with van der Waals surface area (Å²) in [5.74, 6) is 1.80. The summed E-state index contributed by atoms with van der Waals surface area (Å²) >= 11 is 0. The fourth-order valence-corrected chi connectivity index (χ4v) is 4.09. The molecule has 2 aromatic heterocycles. The first-order valence-electron chi connectivity index (χ1n) is 11.5. The first-order chi connectivity index (χ1) is 14.8. The van der Waals surface area contributed by atoms with Crippen LogP contribution in [0.3, 0.4) is 0 Å². The number of hydrogen-bond donors (Lipinski definition) is 2. The Morgan fingerprint density at radius 3 is 2.53 bits per heavy atom. The van der Waals surface area contributed by atoms with E-state index in [1.54, 1.807) is 0 Å². The number of pyridine rings is 1. The van der Waals surface area contributed by atoms with Crippen molar-refractivity contribution in [3.63, 3.8) is 0 Å². The number of unbranched alkanes of at least 4 members (excludes halogenated alkanes) is 1. The maximum absolute atomic E-state index is 4.91. The van der Waals surface area contributed by atoms with Crippen LogP contribution in [-0.4, -0.2) is 45.6 Å². The number of imidazole rings is 1. The van der Waals surface area contributed by atoms with E-state index in [9.17, 15) is 0 Å². The first-order valence-corrected chi connectivity index (χ1v) is 11.5. The average molecular weight is 407 g/mol. The highest BCUT2D eigenvalue weighted by Gasteiger charge is 2.15. The Morgan fingerprint density at radius 2 is 1.73 bits per heavy atom. The maximum atomic E-state index is 4.91. The van der Waals surface area contributed by atoms with Gasteiger partial charge in [-0.25, -0.2) is 9.97 Å². The molecule has 0 bridgehead atoms. The van der Waals surface area contributed by atoms with Crippen molar-refractivity contribution in [1.82, 2.24) is 19.4 Å². The van der Waals surface area contributed by atoms with Gasteiger partial charge in [-0.05, 0) is 69.6 Å². The molecule has 1 fully saturated rings. The van der Waals surface area contributed by atoms with Gasteiger partial charge in [0.1, 0.15) is 11.3 Å². The van der Waals surface area contributed by atoms with Gasteiger partial charge < -0.3 is 15.5 Å². The van der Waals surface area contributed by atoms with Crippen LogP contribution in [0.4, 0.5) is 17.5 Å². The highest BCUT2D eigenvalue weighted by atomic mass is 15.2. The second-order valence-corrected chi connectivity index (χ2v) is 8.15. The van der Waals surface area contributed by atoms with Gasteiger partial charge in [-0.1, -0.05) is 38.0 Å². The van der Waals surface area contributed by atoms with Crippen LogP contribution in [0.1, 0.15) is 45.4 Å². The molecular weight excluding hydrogens is 372 g/mol. The van der Waals surface area contributed by atoms with Gasteiger partial charge in [0.25, 0.3) is 0 Å². The van der Waals surface area contributed by atoms with Crippen LogP contribution in [-0.2, 0) is 6.54 Å². The molecule has 0 spiro atoms. The fourth-order valence-electron chi connectivity index (χ4n) is 4.09. The zero-order chi connectivity index (χ0) is 20.6. The first kappa shape index (κ1) is 20.7. The van der Waals surface area contributed by atoms with Crippen molar-refractivity contribution < 1.29 is 0 Å². The predicted molar refractivity (Wildman–Crippen MR) is 126 cm³/mol. The second-order valence-electron chi connectivity index (χ2n) is 8.15. The van der Waals surface area contributed by atoms with E-state index in [1.165, 1.54) is 38.8 Å². The summed E-state index contributed by atoms with van der Waals surface area (Å²) in [6, 6.07) is 14.4. The van der Waals surface area contributed by atoms with Crippen LogP contribution in [0, 0.1) is 0 Å². The molecule has 0 radical (unpaired) electrons. The number of nitrogens with zero attached hydrogens (tertiary/aromatic N) is 4. The van der Waals surface area contributed by atoms with Crippen LogP contribution in [0.25, 0.3) is 11.2 Å². The van der Waals surface area contributed by atoms with Crippen molar-refractivity contribution >= 4 is 28.6 Å². The van der Waals surface area contributed by atoms with Gasteiger partial charge in [0.05, 0.1) is 0 Å². The van der Waals surface area contributed by atoms with Crippen molar-refractivity contribution in [1.29, 1.82) is 0 Å². The van der Waals surface area contributed by atoms with E-state index in [0.717, 1.165) is 61.1 Å². The van der Waals surface area contributed by atoms with E-state index in [2.05, 4.69) is 45.2 Å². The van der Waals surface area contributed by atoms with Crippen LogP contribution in [0.15, 0.2) is 42.5 Å². The molecule has 4 rings (SSSR count). The lowest BCUT2D eigenvalue weighted by Crippen LogP contribution is -2.31. The van der Waals surface area contributed by atoms with Crippen LogP contribution in [0.2, 0.25) is 0 Å². The smallest absolute Gasteiger partial charge is 0.209 e. The standard InChI is InChI=1S/C24H34N6/c1-2-3-15-25-22-14-13-21-23(28-22)30(19-10-18-29-16-8-5-9-17-29)24(27-21)26-20-11-6-4-7-12-20/h4,6-7,11-14H,2-3,5,8-10,15-19H2,1H3,(H,25,28)(H,26,27). The van der Waals surface area contributed by atoms with Crippen molar-refractivity contribution in [3.8, 4) is 0 Å². The lowest BCUT2D eigenvalue weighted by molar-refractivity contribution is 0.223. The molecule has 3 aromatic rings. The molecule has 0 unspecified atom stereocenters. The lowest BCUT2D eigenvalue weighted by atomic mass is 10.1. The monoisotopic (exact) mass is 406 g/mol. The number of para-hydroxylation sites is 1. The summed E-state index contributed by atoms with van der Waals surface area (Å²) in [5.41, 5.74) is 2.94. The van der Waals surface area contributed by atoms with Gasteiger partial charge in [0, 0.05) is 18.8 Å². The number of hydrogen-bond acceptors (Lipinski definition) is 5. The van der Waals surface area contributed by atoms with Gasteiger partial charge in [-0.15, -0.1) is 0 Å². The number of piperidine rings is 1. The molecule has 3 heterocycles. The number of rotatable bonds is 10. The number of nitrogens with one attached hydrogen (secondary N) is 2. The van der Waals surface area contributed by atoms with Crippen molar-refractivity contribution in [2.75, 3.05) is 36.8 Å². The van der Waals surface area contributed by atoms with Gasteiger partial charge >= 0.3 is 0 Å². The van der Waals surface area contributed by atoms with E-state index in [0.29, 0.717) is 0 Å². The summed E-state index contributed by atoms with van der Waals surface area (Å²) in [4.78, 5) is 12.4. The summed E-state index contributed by atoms with van der Waals surface area (Å²) in [5, 5.41) is 6.95. The summed E-state index contributed by atoms with van der Waals surface area (Å²) < 4.78 is 2.25. The van der Waals surface area contributed by atoms with E-state index >= 15 is 0 Å². The molecule has 1 saturated heterocycles. The number of aryl methyl sites for hydroxylation is 1. The summed E-state index contributed by atoms with van der Waals surface area (Å²) in [7, 11) is 0. The fraction of sp³-hybridized carbons (Fsp3) is 0.500. The van der Waals surface area contributed by atoms with Crippen molar-refractivity contribution in [2.24, 2.45) is 0 Å². The predicted octanol–water partition coefficient (Wildman–Crippen LogP) is 5.26. The number of benzene rings is 1. The highest BCUT2D eigenvalue weighted by Crippen LogP contribution is 2.24. The molecule has 2 N–H and O–H groups in total. The van der Waals surface area contributed by atoms with Crippen LogP contribution in [0.5, 0.6) is 0 Å². The molecule has 6 heteroatoms. The van der Waals surface area contributed by atoms with Gasteiger partial charge in [-0.2, -0.15) is 0 Å². The van der Waals surface area contributed by atoms with Crippen LogP contribution < -0.4 is 10.6 Å². The molecule has 0 aliphatic carbocycles. The minimum atomic E-state index is 0.869. The summed E-state index contributed by atoms with van der Waals surface area (Å²) in [6.07, 6.45) is 7.48. The Morgan fingerprint density at radius 1 is 0.900 bits per heavy atom. The van der Waals surface area contributed by atoms with E-state index in [-0.39, 0.29) is 0 Å². The number of fused-ring (bicyclic) bond motifs is 1. The van der Waals surface area contributed by atoms with Gasteiger partial charge in [-0.3, -0.25) is 4.57 Å². The van der Waals surface area contributed by atoms with Crippen molar-refractivity contribution in [3.05, 3.63) is 42.5 Å². The minimum absolute atomic E-state index is 0.869. The molecule has 1 aliphatic rings. The maximum Gasteiger partial charge on any atom is 0.209 e. The molecule has 30 heavy (non-hydrogen) atoms. The Kier molecular flexibility index (Phi) is 7.19. The SMILES string of the molecule is CCCCNc1ccc2nc(Nc3ccccc3)n(CCCN3CCCCC3)c2n1. The number of anilines is 3. The van der Waals surface area contributed by atoms with Crippen molar-refractivity contribution in [2.45, 2.75) is 52.0 Å². The highest BCUT2D eigenvalue weighted by molar-refractivity contribution is 5.77. The third-order valence-corrected chi connectivity index (χ3v) is 5.76. The number of aromatic nitrogens is 3. The molecule has 0 atom stereocenters. The third-order valence-electron chi connectivity index (χ3n) is 5.76. The molecule has 1 aromatic carbocycles. The topological polar surface area (TPSA) is 58.0 Å². The molecule has 0 saturated carbocycles. The second kappa shape index (κ2) is 10.4. The van der Waals surface area contributed by atoms with Crippen LogP contribution >= 0.6 is 0 Å². The zero-order valence-corrected chi connectivity index (χ0v) is 18.1. The molecule has 6 nitrogen and oxygen atoms in total. The van der Waals surface area contributed by atoms with Gasteiger partial charge in [0.15, 0.2) is 5.65 Å². The Labute approximate surface area is 179 Å². The largest absolute Gasteiger partial charge is 0.370 e. The average Bonchev–Trinajstić information content (AvgIpc) is 3.12. The Bertz CT molecular complexity index is 914. The molecule has 1 aliphatic heterocycles. The molecule has 0 amide bonds. The lowest BCUT2D eigenvalue weighted by Gasteiger charge is -2.26. The van der Waals surface area contributed by atoms with E-state index in [4.69, 9.17) is 9.97 Å². The molecular formula is C24H34N6. The molecule has 160 valence electrons. The Hall–Kier alpha value is -2.60. The summed E-state index contributed by atoms with van der Waals surface area (Å²) in [6.45, 7) is 7.68. The quantitative estimate of drug-likeness (QED) is 0.450. The van der Waals surface area contributed by atoms with E-state index < -0.39 is 0 Å². The third kappa shape index (κ3) is 5.30. The number of likely N-dealkylation sites (tertiary alicyclic amines) is 1. The normalized spacial score (nSPS) is 14.8.